The van der Waals surface area contributed by atoms with E-state index in [2.05, 4.69) is 10.3 Å². The van der Waals surface area contributed by atoms with Crippen LogP contribution in [0.2, 0.25) is 0 Å². The van der Waals surface area contributed by atoms with Crippen molar-refractivity contribution in [2.75, 3.05) is 25.1 Å². The van der Waals surface area contributed by atoms with E-state index in [0.29, 0.717) is 17.9 Å². The van der Waals surface area contributed by atoms with Crippen molar-refractivity contribution in [3.63, 3.8) is 0 Å². The summed E-state index contributed by atoms with van der Waals surface area (Å²) in [7, 11) is -0.487. The fourth-order valence-corrected chi connectivity index (χ4v) is 3.08. The summed E-state index contributed by atoms with van der Waals surface area (Å²) >= 11 is 1.52. The third-order valence-electron chi connectivity index (χ3n) is 2.75. The van der Waals surface area contributed by atoms with E-state index in [1.165, 1.54) is 37.6 Å². The molecule has 8 heteroatoms. The summed E-state index contributed by atoms with van der Waals surface area (Å²) in [6, 6.07) is 4.66. The number of benzene rings is 1. The van der Waals surface area contributed by atoms with Gasteiger partial charge < -0.3 is 11.1 Å². The summed E-state index contributed by atoms with van der Waals surface area (Å²) in [5, 5.41) is 5.07. The highest BCUT2D eigenvalue weighted by molar-refractivity contribution is 7.89. The van der Waals surface area contributed by atoms with Gasteiger partial charge in [0.05, 0.1) is 34.0 Å². The molecule has 3 N–H and O–H groups in total. The minimum absolute atomic E-state index is 0.180. The second kappa shape index (κ2) is 5.78. The van der Waals surface area contributed by atoms with Crippen LogP contribution in [0, 0.1) is 0 Å². The predicted octanol–water partition coefficient (Wildman–Crippen LogP) is 1.59. The summed E-state index contributed by atoms with van der Waals surface area (Å²) in [4.78, 5) is 4.33. The molecule has 0 aliphatic heterocycles. The van der Waals surface area contributed by atoms with Gasteiger partial charge in [-0.15, -0.1) is 11.3 Å². The predicted molar refractivity (Wildman–Crippen MR) is 81.2 cm³/mol. The molecule has 0 atom stereocenters. The van der Waals surface area contributed by atoms with E-state index in [4.69, 9.17) is 5.73 Å². The molecule has 2 aromatic rings. The van der Waals surface area contributed by atoms with Crippen molar-refractivity contribution >= 4 is 32.7 Å². The summed E-state index contributed by atoms with van der Waals surface area (Å²) in [6.45, 7) is 0.549. The number of anilines is 2. The van der Waals surface area contributed by atoms with Crippen LogP contribution >= 0.6 is 11.3 Å². The molecule has 1 heterocycles. The molecule has 0 aliphatic carbocycles. The van der Waals surface area contributed by atoms with Crippen LogP contribution in [-0.2, 0) is 16.6 Å². The van der Waals surface area contributed by atoms with Gasteiger partial charge in [0.2, 0.25) is 10.0 Å². The zero-order valence-corrected chi connectivity index (χ0v) is 12.8. The number of sulfonamides is 1. The van der Waals surface area contributed by atoms with Crippen LogP contribution in [0.3, 0.4) is 0 Å². The summed E-state index contributed by atoms with van der Waals surface area (Å²) in [6.07, 6.45) is 0. The smallest absolute Gasteiger partial charge is 0.242 e. The first-order valence-electron chi connectivity index (χ1n) is 5.84. The lowest BCUT2D eigenvalue weighted by molar-refractivity contribution is 0.521. The molecule has 0 unspecified atom stereocenters. The molecular weight excluding hydrogens is 296 g/mol. The van der Waals surface area contributed by atoms with Crippen molar-refractivity contribution in [2.45, 2.75) is 11.4 Å². The van der Waals surface area contributed by atoms with Crippen molar-refractivity contribution in [2.24, 2.45) is 0 Å². The number of nitrogens with two attached hydrogens (primary N) is 1. The first-order valence-corrected chi connectivity index (χ1v) is 8.22. The van der Waals surface area contributed by atoms with Crippen LogP contribution in [-0.4, -0.2) is 31.8 Å². The maximum absolute atomic E-state index is 12.0. The number of hydrogen-bond acceptors (Lipinski definition) is 6. The Morgan fingerprint density at radius 1 is 1.40 bits per heavy atom. The van der Waals surface area contributed by atoms with E-state index in [0.717, 1.165) is 10.00 Å². The fourth-order valence-electron chi connectivity index (χ4n) is 1.58. The first kappa shape index (κ1) is 14.8. The Morgan fingerprint density at radius 2 is 2.15 bits per heavy atom. The van der Waals surface area contributed by atoms with Gasteiger partial charge in [-0.05, 0) is 18.2 Å². The molecule has 1 aromatic carbocycles. The van der Waals surface area contributed by atoms with Crippen LogP contribution < -0.4 is 11.1 Å². The molecule has 0 fully saturated rings. The van der Waals surface area contributed by atoms with E-state index in [1.807, 2.05) is 5.38 Å². The number of rotatable bonds is 5. The van der Waals surface area contributed by atoms with Gasteiger partial charge in [-0.3, -0.25) is 0 Å². The minimum atomic E-state index is -3.46. The van der Waals surface area contributed by atoms with E-state index in [-0.39, 0.29) is 4.90 Å². The van der Waals surface area contributed by atoms with E-state index >= 15 is 0 Å². The Kier molecular flexibility index (Phi) is 4.26. The van der Waals surface area contributed by atoms with Crippen LogP contribution in [0.4, 0.5) is 11.4 Å². The Hall–Kier alpha value is -1.64. The topological polar surface area (TPSA) is 88.3 Å². The van der Waals surface area contributed by atoms with Gasteiger partial charge in [-0.25, -0.2) is 17.7 Å². The number of thiazole rings is 1. The second-order valence-electron chi connectivity index (χ2n) is 4.37. The van der Waals surface area contributed by atoms with E-state index in [1.54, 1.807) is 11.6 Å². The Bertz CT molecular complexity index is 681. The third-order valence-corrected chi connectivity index (χ3v) is 5.19. The average molecular weight is 312 g/mol. The normalized spacial score (nSPS) is 11.8. The number of hydrogen-bond donors (Lipinski definition) is 2. The maximum Gasteiger partial charge on any atom is 0.242 e. The van der Waals surface area contributed by atoms with Gasteiger partial charge in [0.25, 0.3) is 0 Å². The van der Waals surface area contributed by atoms with Crippen LogP contribution in [0.15, 0.2) is 34.0 Å². The lowest BCUT2D eigenvalue weighted by atomic mass is 10.2. The highest BCUT2D eigenvalue weighted by Gasteiger charge is 2.18. The molecular formula is C12H16N4O2S2. The zero-order valence-electron chi connectivity index (χ0n) is 11.2. The first-order chi connectivity index (χ1) is 9.41. The summed E-state index contributed by atoms with van der Waals surface area (Å²) in [5.74, 6) is 0. The van der Waals surface area contributed by atoms with Gasteiger partial charge in [0.15, 0.2) is 0 Å². The minimum Gasteiger partial charge on any atom is -0.397 e. The Labute approximate surface area is 122 Å². The highest BCUT2D eigenvalue weighted by Crippen LogP contribution is 2.24. The van der Waals surface area contributed by atoms with Crippen molar-refractivity contribution in [3.05, 3.63) is 34.8 Å². The van der Waals surface area contributed by atoms with Crippen LogP contribution in [0.1, 0.15) is 5.69 Å². The van der Waals surface area contributed by atoms with Crippen LogP contribution in [0.5, 0.6) is 0 Å². The highest BCUT2D eigenvalue weighted by atomic mass is 32.2. The largest absolute Gasteiger partial charge is 0.397 e. The maximum atomic E-state index is 12.0. The van der Waals surface area contributed by atoms with Gasteiger partial charge in [-0.2, -0.15) is 0 Å². The fraction of sp³-hybridized carbons (Fsp3) is 0.250. The lowest BCUT2D eigenvalue weighted by Crippen LogP contribution is -2.22. The molecule has 6 nitrogen and oxygen atoms in total. The van der Waals surface area contributed by atoms with Crippen molar-refractivity contribution < 1.29 is 8.42 Å². The second-order valence-corrected chi connectivity index (χ2v) is 7.24. The lowest BCUT2D eigenvalue weighted by Gasteiger charge is -2.14. The number of nitrogens with zero attached hydrogens (tertiary/aromatic N) is 2. The molecule has 2 rings (SSSR count). The Balaban J connectivity index is 2.18. The van der Waals surface area contributed by atoms with Crippen LogP contribution in [0.25, 0.3) is 0 Å². The van der Waals surface area contributed by atoms with E-state index < -0.39 is 10.0 Å². The Morgan fingerprint density at radius 3 is 2.70 bits per heavy atom. The molecule has 1 aromatic heterocycles. The molecule has 0 amide bonds. The van der Waals surface area contributed by atoms with Crippen molar-refractivity contribution in [1.82, 2.24) is 9.29 Å². The molecule has 0 bridgehead atoms. The average Bonchev–Trinajstić information content (AvgIpc) is 2.90. The molecule has 0 spiro atoms. The molecule has 108 valence electrons. The zero-order chi connectivity index (χ0) is 14.8. The SMILES string of the molecule is CN(C)S(=O)(=O)c1ccc(NCc2cscn2)c(N)c1. The summed E-state index contributed by atoms with van der Waals surface area (Å²) < 4.78 is 25.1. The van der Waals surface area contributed by atoms with Gasteiger partial charge in [0, 0.05) is 19.5 Å². The molecule has 20 heavy (non-hydrogen) atoms. The van der Waals surface area contributed by atoms with Crippen molar-refractivity contribution in [1.29, 1.82) is 0 Å². The van der Waals surface area contributed by atoms with Gasteiger partial charge in [-0.1, -0.05) is 0 Å². The van der Waals surface area contributed by atoms with E-state index in [9.17, 15) is 8.42 Å². The third kappa shape index (κ3) is 3.09. The number of aromatic nitrogens is 1. The van der Waals surface area contributed by atoms with Gasteiger partial charge in [0.1, 0.15) is 0 Å². The summed E-state index contributed by atoms with van der Waals surface area (Å²) in [5.41, 5.74) is 9.65. The number of nitrogens with one attached hydrogen (secondary N) is 1. The molecule has 0 saturated heterocycles. The molecule has 0 radical (unpaired) electrons. The molecule has 0 saturated carbocycles. The van der Waals surface area contributed by atoms with Gasteiger partial charge >= 0.3 is 0 Å². The quantitative estimate of drug-likeness (QED) is 0.819. The number of nitrogen functional groups attached to an aromatic ring is 1. The molecule has 0 aliphatic rings. The van der Waals surface area contributed by atoms with Crippen molar-refractivity contribution in [3.8, 4) is 0 Å². The monoisotopic (exact) mass is 312 g/mol. The standard InChI is InChI=1S/C12H16N4O2S2/c1-16(2)20(17,18)10-3-4-12(11(13)5-10)14-6-9-7-19-8-15-9/h3-5,7-8,14H,6,13H2,1-2H3.